The summed E-state index contributed by atoms with van der Waals surface area (Å²) in [5.74, 6) is 0. The molecule has 0 radical (unpaired) electrons. The predicted octanol–water partition coefficient (Wildman–Crippen LogP) is 8.30. The topological polar surface area (TPSA) is 29.5 Å². The van der Waals surface area contributed by atoms with Crippen LogP contribution in [0.2, 0.25) is 0 Å². The first-order valence-corrected chi connectivity index (χ1v) is 11.2. The van der Waals surface area contributed by atoms with Crippen molar-refractivity contribution in [3.63, 3.8) is 0 Å². The Balaban J connectivity index is 2.93. The van der Waals surface area contributed by atoms with Crippen molar-refractivity contribution in [2.45, 2.75) is 135 Å². The standard InChI is InChI=1S/C22H46O2/c1-2-3-4-5-6-7-8-9-10-11-12-13-14-15-16-17-18-19-20-21-22-24-23/h23H,2-22H2,1H3. The van der Waals surface area contributed by atoms with Crippen LogP contribution >= 0.6 is 0 Å². The molecule has 0 fully saturated rings. The lowest BCUT2D eigenvalue weighted by molar-refractivity contribution is -0.242. The molecule has 0 aromatic carbocycles. The van der Waals surface area contributed by atoms with E-state index in [0.29, 0.717) is 6.61 Å². The predicted molar refractivity (Wildman–Crippen MR) is 107 cm³/mol. The van der Waals surface area contributed by atoms with Crippen LogP contribution in [0.5, 0.6) is 0 Å². The van der Waals surface area contributed by atoms with Crippen LogP contribution < -0.4 is 0 Å². The summed E-state index contributed by atoms with van der Waals surface area (Å²) in [7, 11) is 0. The Labute approximate surface area is 152 Å². The maximum Gasteiger partial charge on any atom is 0.0819 e. The van der Waals surface area contributed by atoms with Crippen molar-refractivity contribution in [2.24, 2.45) is 0 Å². The molecule has 0 aliphatic carbocycles. The molecule has 1 N–H and O–H groups in total. The highest BCUT2D eigenvalue weighted by atomic mass is 17.1. The van der Waals surface area contributed by atoms with Gasteiger partial charge in [-0.3, -0.25) is 5.26 Å². The van der Waals surface area contributed by atoms with Crippen LogP contribution in [-0.2, 0) is 4.89 Å². The average molecular weight is 343 g/mol. The van der Waals surface area contributed by atoms with Crippen molar-refractivity contribution < 1.29 is 10.1 Å². The summed E-state index contributed by atoms with van der Waals surface area (Å²) in [6.45, 7) is 2.79. The third kappa shape index (κ3) is 21.9. The van der Waals surface area contributed by atoms with E-state index in [9.17, 15) is 0 Å². The first-order chi connectivity index (χ1) is 11.9. The Bertz CT molecular complexity index is 184. The summed E-state index contributed by atoms with van der Waals surface area (Å²) < 4.78 is 0. The van der Waals surface area contributed by atoms with Gasteiger partial charge in [0.15, 0.2) is 0 Å². The quantitative estimate of drug-likeness (QED) is 0.129. The van der Waals surface area contributed by atoms with Gasteiger partial charge in [-0.15, -0.1) is 0 Å². The lowest BCUT2D eigenvalue weighted by atomic mass is 10.0. The second-order valence-electron chi connectivity index (χ2n) is 7.55. The van der Waals surface area contributed by atoms with Crippen molar-refractivity contribution in [2.75, 3.05) is 6.61 Å². The van der Waals surface area contributed by atoms with Crippen LogP contribution in [0.25, 0.3) is 0 Å². The number of unbranched alkanes of at least 4 members (excludes halogenated alkanes) is 19. The first kappa shape index (κ1) is 23.9. The second kappa shape index (κ2) is 22.9. The number of hydrogen-bond acceptors (Lipinski definition) is 2. The average Bonchev–Trinajstić information content (AvgIpc) is 2.60. The van der Waals surface area contributed by atoms with E-state index < -0.39 is 0 Å². The minimum absolute atomic E-state index is 0.499. The molecule has 0 atom stereocenters. The Kier molecular flexibility index (Phi) is 22.8. The van der Waals surface area contributed by atoms with E-state index in [1.807, 2.05) is 0 Å². The second-order valence-corrected chi connectivity index (χ2v) is 7.55. The fourth-order valence-electron chi connectivity index (χ4n) is 3.42. The summed E-state index contributed by atoms with van der Waals surface area (Å²) in [4.78, 5) is 4.08. The van der Waals surface area contributed by atoms with Gasteiger partial charge in [-0.2, -0.15) is 0 Å². The molecular weight excluding hydrogens is 296 g/mol. The molecule has 0 aromatic heterocycles. The zero-order chi connectivity index (χ0) is 17.6. The lowest BCUT2D eigenvalue weighted by Crippen LogP contribution is -1.88. The van der Waals surface area contributed by atoms with E-state index in [1.165, 1.54) is 122 Å². The Morgan fingerprint density at radius 1 is 0.417 bits per heavy atom. The van der Waals surface area contributed by atoms with Crippen molar-refractivity contribution in [1.29, 1.82) is 0 Å². The minimum Gasteiger partial charge on any atom is -0.252 e. The third-order valence-corrected chi connectivity index (χ3v) is 5.09. The van der Waals surface area contributed by atoms with Crippen molar-refractivity contribution in [1.82, 2.24) is 0 Å². The third-order valence-electron chi connectivity index (χ3n) is 5.09. The maximum absolute atomic E-state index is 8.22. The van der Waals surface area contributed by atoms with Gasteiger partial charge in [0.2, 0.25) is 0 Å². The lowest BCUT2D eigenvalue weighted by Gasteiger charge is -2.04. The zero-order valence-corrected chi connectivity index (χ0v) is 16.7. The van der Waals surface area contributed by atoms with Gasteiger partial charge in [0.1, 0.15) is 0 Å². The smallest absolute Gasteiger partial charge is 0.0819 e. The highest BCUT2D eigenvalue weighted by Gasteiger charge is 1.95. The maximum atomic E-state index is 8.22. The molecule has 146 valence electrons. The molecule has 0 aliphatic rings. The molecule has 0 rings (SSSR count). The summed E-state index contributed by atoms with van der Waals surface area (Å²) in [6, 6.07) is 0. The molecular formula is C22H46O2. The van der Waals surface area contributed by atoms with Gasteiger partial charge in [0, 0.05) is 0 Å². The normalized spacial score (nSPS) is 11.2. The van der Waals surface area contributed by atoms with Crippen LogP contribution in [-0.4, -0.2) is 11.9 Å². The van der Waals surface area contributed by atoms with Gasteiger partial charge in [-0.25, -0.2) is 4.89 Å². The SMILES string of the molecule is CCCCCCCCCCCCCCCCCCCCCCOO. The van der Waals surface area contributed by atoms with Crippen molar-refractivity contribution in [3.05, 3.63) is 0 Å². The molecule has 0 bridgehead atoms. The van der Waals surface area contributed by atoms with Crippen LogP contribution in [0.1, 0.15) is 135 Å². The Morgan fingerprint density at radius 3 is 0.917 bits per heavy atom. The highest BCUT2D eigenvalue weighted by Crippen LogP contribution is 2.14. The van der Waals surface area contributed by atoms with Gasteiger partial charge < -0.3 is 0 Å². The number of hydrogen-bond donors (Lipinski definition) is 1. The van der Waals surface area contributed by atoms with E-state index >= 15 is 0 Å². The summed E-state index contributed by atoms with van der Waals surface area (Å²) in [6.07, 6.45) is 27.9. The molecule has 2 nitrogen and oxygen atoms in total. The van der Waals surface area contributed by atoms with Gasteiger partial charge in [-0.05, 0) is 6.42 Å². The van der Waals surface area contributed by atoms with E-state index in [2.05, 4.69) is 11.8 Å². The summed E-state index contributed by atoms with van der Waals surface area (Å²) in [5, 5.41) is 8.22. The molecule has 0 spiro atoms. The molecule has 0 heterocycles. The molecule has 0 saturated carbocycles. The minimum atomic E-state index is 0.499. The van der Waals surface area contributed by atoms with Crippen LogP contribution in [0, 0.1) is 0 Å². The van der Waals surface area contributed by atoms with E-state index in [1.54, 1.807) is 0 Å². The zero-order valence-electron chi connectivity index (χ0n) is 16.7. The molecule has 24 heavy (non-hydrogen) atoms. The molecule has 0 aliphatic heterocycles. The van der Waals surface area contributed by atoms with Crippen molar-refractivity contribution in [3.8, 4) is 0 Å². The van der Waals surface area contributed by atoms with Crippen LogP contribution in [0.15, 0.2) is 0 Å². The molecule has 2 heteroatoms. The largest absolute Gasteiger partial charge is 0.252 e. The summed E-state index contributed by atoms with van der Waals surface area (Å²) in [5.41, 5.74) is 0. The highest BCUT2D eigenvalue weighted by molar-refractivity contribution is 4.50. The van der Waals surface area contributed by atoms with E-state index in [-0.39, 0.29) is 0 Å². The van der Waals surface area contributed by atoms with Crippen LogP contribution in [0.3, 0.4) is 0 Å². The Hall–Kier alpha value is -0.0800. The fraction of sp³-hybridized carbons (Fsp3) is 1.00. The Morgan fingerprint density at radius 2 is 0.667 bits per heavy atom. The van der Waals surface area contributed by atoms with Gasteiger partial charge >= 0.3 is 0 Å². The van der Waals surface area contributed by atoms with E-state index in [0.717, 1.165) is 6.42 Å². The van der Waals surface area contributed by atoms with Gasteiger partial charge in [0.25, 0.3) is 0 Å². The van der Waals surface area contributed by atoms with Crippen molar-refractivity contribution >= 4 is 0 Å². The summed E-state index contributed by atoms with van der Waals surface area (Å²) >= 11 is 0. The van der Waals surface area contributed by atoms with Crippen LogP contribution in [0.4, 0.5) is 0 Å². The van der Waals surface area contributed by atoms with E-state index in [4.69, 9.17) is 5.26 Å². The first-order valence-electron chi connectivity index (χ1n) is 11.2. The van der Waals surface area contributed by atoms with Gasteiger partial charge in [-0.1, -0.05) is 129 Å². The molecule has 0 saturated heterocycles. The number of rotatable bonds is 21. The fourth-order valence-corrected chi connectivity index (χ4v) is 3.42. The van der Waals surface area contributed by atoms with Gasteiger partial charge in [0.05, 0.1) is 6.61 Å². The molecule has 0 unspecified atom stereocenters. The molecule has 0 amide bonds. The monoisotopic (exact) mass is 342 g/mol. The molecule has 0 aromatic rings.